The maximum Gasteiger partial charge on any atom is 0.438 e. The molecule has 0 saturated heterocycles. The first-order chi connectivity index (χ1) is 43.7. The van der Waals surface area contributed by atoms with E-state index in [1.165, 1.54) is 0 Å². The number of nitrogens with one attached hydrogen (secondary N) is 8. The van der Waals surface area contributed by atoms with Crippen LogP contribution in [0.1, 0.15) is 252 Å². The zero-order chi connectivity index (χ0) is 81.8. The van der Waals surface area contributed by atoms with Crippen molar-refractivity contribution in [3.05, 3.63) is 48.4 Å². The molecule has 0 spiro atoms. The van der Waals surface area contributed by atoms with E-state index in [4.69, 9.17) is 36.9 Å². The monoisotopic (exact) mass is 1540 g/mol. The summed E-state index contributed by atoms with van der Waals surface area (Å²) in [5.74, 6) is 1.57. The fourth-order valence-corrected chi connectivity index (χ4v) is 4.93. The zero-order valence-electron chi connectivity index (χ0n) is 64.3. The van der Waals surface area contributed by atoms with Gasteiger partial charge in [-0.3, -0.25) is 74.8 Å². The van der Waals surface area contributed by atoms with Gasteiger partial charge in [0, 0.05) is 93.2 Å². The molecule has 4 aromatic heterocycles. The Morgan fingerprint density at radius 2 is 0.899 bits per heavy atom. The van der Waals surface area contributed by atoms with Gasteiger partial charge in [-0.05, 0) is 56.7 Å². The Balaban J connectivity index is -0.000000109. The van der Waals surface area contributed by atoms with Gasteiger partial charge in [-0.2, -0.15) is 14.6 Å². The Bertz CT molecular complexity index is 2860. The van der Waals surface area contributed by atoms with Crippen molar-refractivity contribution in [3.8, 4) is 0 Å². The quantitative estimate of drug-likeness (QED) is 0.0665. The average Bonchev–Trinajstić information content (AvgIpc) is 1.44. The molecule has 11 N–H and O–H groups in total. The van der Waals surface area contributed by atoms with Crippen molar-refractivity contribution in [1.82, 2.24) is 69.2 Å². The van der Waals surface area contributed by atoms with Crippen molar-refractivity contribution >= 4 is 103 Å². The number of H-pyrrole nitrogens is 4. The van der Waals surface area contributed by atoms with Crippen molar-refractivity contribution in [1.29, 1.82) is 0 Å². The number of aliphatic hydroxyl groups is 1. The van der Waals surface area contributed by atoms with Crippen LogP contribution in [0.2, 0.25) is 0 Å². The number of hydrogen-bond donors (Lipinski definition) is 11. The number of amides is 4. The molecule has 3 atom stereocenters. The standard InChI is InChI=1S/C6H10N2O2.2C6H10N2OS.C6H13NO3S.C5H10N4.C5H10O2.4C4H10.3C2H5NO3S.C2H4O3/c2*1-6(2,3)4-7-5(9)10-8-4;1-6(2,3)4-7-5(10)9-8-4;1-6(2,3)5(8)7-11(4,9)10;1-5(2,3)4-6-8-9-7-4;1-5(2,3)4(6)7;4*1-4(2)3;3*1-2(4)3-7(5)6;3-1-2(4)5/h2*1-3H3,(H,7,8,9);1-3H3,(H,7,8,10);1-4H3,(H,7,8);1-3H3,(H,6,7,8,9);1-3H3,(H,6,7);4*4H,1-3H3;3*1H3,(H,3,4)(H,5,6);3H,1H2,(H,4,5)/p-3. The number of aromatic nitrogens is 10. The molecule has 35 nitrogen and oxygen atoms in total. The number of carboxylic acids is 2. The van der Waals surface area contributed by atoms with E-state index in [1.54, 1.807) is 55.7 Å². The number of carbonyl (C=O) groups excluding carboxylic acids is 4. The van der Waals surface area contributed by atoms with Gasteiger partial charge in [-0.1, -0.05) is 197 Å². The molecule has 0 saturated carbocycles. The largest absolute Gasteiger partial charge is 0.755 e. The van der Waals surface area contributed by atoms with E-state index in [9.17, 15) is 68.3 Å². The van der Waals surface area contributed by atoms with Crippen LogP contribution in [0.25, 0.3) is 0 Å². The van der Waals surface area contributed by atoms with E-state index < -0.39 is 103 Å². The SMILES string of the molecule is CC(=O)NS(=O)[O-].CC(=O)NS(=O)[O-].CC(=O)NS(=O)[O-].CC(C)(C)C(=O)NS(C)(=O)=O.CC(C)(C)C(=O)O.CC(C)(C)c1nc(=S)o[nH]1.CC(C)(C)c1nn[nH]n1.CC(C)(C)c1noc(=O)[nH]1.CC(C)(C)c1nsc(=O)[nH]1.CC(C)C.CC(C)C.CC(C)C.CC(C)C.O=C(O)CO. The fraction of sp³-hybridized carbons (Fsp3) is 0.776. The Morgan fingerprint density at radius 3 is 0.990 bits per heavy atom. The summed E-state index contributed by atoms with van der Waals surface area (Å²) in [6, 6.07) is 0. The Kier molecular flexibility index (Phi) is 67.3. The third-order valence-electron chi connectivity index (χ3n) is 6.88. The van der Waals surface area contributed by atoms with E-state index in [0.29, 0.717) is 5.82 Å². The minimum absolute atomic E-state index is 0.00694. The van der Waals surface area contributed by atoms with Crippen LogP contribution in [-0.4, -0.2) is 149 Å². The van der Waals surface area contributed by atoms with Crippen LogP contribution in [0.3, 0.4) is 0 Å². The summed E-state index contributed by atoms with van der Waals surface area (Å²) in [6.07, 6.45) is 0.955. The lowest BCUT2D eigenvalue weighted by atomic mass is 9.96. The van der Waals surface area contributed by atoms with Crippen molar-refractivity contribution in [3.63, 3.8) is 0 Å². The summed E-state index contributed by atoms with van der Waals surface area (Å²) in [5.41, 5.74) is -1.44. The lowest BCUT2D eigenvalue weighted by Crippen LogP contribution is -2.38. The molecule has 4 heterocycles. The Labute approximate surface area is 602 Å². The second-order valence-corrected chi connectivity index (χ2v) is 33.6. The van der Waals surface area contributed by atoms with Gasteiger partial charge in [-0.15, -0.1) is 10.2 Å². The number of carbonyl (C=O) groups is 6. The van der Waals surface area contributed by atoms with Gasteiger partial charge in [0.2, 0.25) is 33.7 Å². The van der Waals surface area contributed by atoms with Crippen LogP contribution in [-0.2, 0) is 94.2 Å². The summed E-state index contributed by atoms with van der Waals surface area (Å²) in [6.45, 7) is 62.6. The molecule has 3 unspecified atom stereocenters. The number of tetrazole rings is 1. The van der Waals surface area contributed by atoms with E-state index in [-0.39, 0.29) is 31.4 Å². The van der Waals surface area contributed by atoms with Crippen LogP contribution < -0.4 is 29.5 Å². The lowest BCUT2D eigenvalue weighted by molar-refractivity contribution is -0.146. The molecule has 4 amide bonds. The highest BCUT2D eigenvalue weighted by atomic mass is 32.2. The molecular weight excluding hydrogens is 1420 g/mol. The van der Waals surface area contributed by atoms with Gasteiger partial charge in [0.05, 0.1) is 11.7 Å². The van der Waals surface area contributed by atoms with Crippen LogP contribution in [0, 0.1) is 39.3 Å². The molecule has 0 radical (unpaired) electrons. The zero-order valence-corrected chi connectivity index (χ0v) is 69.2. The summed E-state index contributed by atoms with van der Waals surface area (Å²) in [7, 11) is -3.41. The number of hydrogen-bond acceptors (Lipinski definition) is 27. The molecule has 41 heteroatoms. The van der Waals surface area contributed by atoms with E-state index in [1.807, 2.05) is 87.8 Å². The maximum atomic E-state index is 11.0. The van der Waals surface area contributed by atoms with Crippen LogP contribution in [0.5, 0.6) is 0 Å². The first-order valence-electron chi connectivity index (χ1n) is 29.9. The highest BCUT2D eigenvalue weighted by molar-refractivity contribution is 7.89. The minimum Gasteiger partial charge on any atom is -0.755 e. The predicted molar refractivity (Wildman–Crippen MR) is 385 cm³/mol. The van der Waals surface area contributed by atoms with E-state index in [2.05, 4.69) is 138 Å². The molecule has 0 aliphatic heterocycles. The van der Waals surface area contributed by atoms with E-state index >= 15 is 0 Å². The average molecular weight is 1540 g/mol. The first-order valence-corrected chi connectivity index (χ1v) is 36.2. The maximum absolute atomic E-state index is 11.0. The van der Waals surface area contributed by atoms with Gasteiger partial charge in [0.25, 0.3) is 0 Å². The summed E-state index contributed by atoms with van der Waals surface area (Å²) < 4.78 is 97.7. The number of nitrogens with zero attached hydrogens (tertiary/aromatic N) is 6. The van der Waals surface area contributed by atoms with Gasteiger partial charge >= 0.3 is 27.4 Å². The number of aromatic amines is 4. The third kappa shape index (κ3) is 108. The minimum atomic E-state index is -3.41. The van der Waals surface area contributed by atoms with Crippen molar-refractivity contribution in [2.45, 2.75) is 250 Å². The highest BCUT2D eigenvalue weighted by Crippen LogP contribution is 2.19. The van der Waals surface area contributed by atoms with Gasteiger partial charge in [-0.25, -0.2) is 23.2 Å². The summed E-state index contributed by atoms with van der Waals surface area (Å²) in [4.78, 5) is 89.8. The molecule has 586 valence electrons. The molecule has 0 aromatic carbocycles. The van der Waals surface area contributed by atoms with E-state index in [0.717, 1.165) is 79.7 Å². The molecule has 4 aromatic rings. The van der Waals surface area contributed by atoms with Crippen molar-refractivity contribution < 1.29 is 87.8 Å². The smallest absolute Gasteiger partial charge is 0.438 e. The van der Waals surface area contributed by atoms with Gasteiger partial charge < -0.3 is 33.5 Å². The Morgan fingerprint density at radius 1 is 0.586 bits per heavy atom. The van der Waals surface area contributed by atoms with Crippen LogP contribution in [0.4, 0.5) is 0 Å². The normalized spacial score (nSPS) is 11.5. The fourth-order valence-electron chi connectivity index (χ4n) is 2.81. The number of sulfonamides is 1. The molecular formula is C58H119N14O21S6-3. The number of aliphatic carboxylic acids is 2. The van der Waals surface area contributed by atoms with Crippen LogP contribution in [0.15, 0.2) is 18.6 Å². The molecule has 0 aliphatic rings. The topological polar surface area (TPSA) is 567 Å². The molecule has 4 rings (SSSR count). The van der Waals surface area contributed by atoms with Gasteiger partial charge in [0.15, 0.2) is 11.6 Å². The predicted octanol–water partition coefficient (Wildman–Crippen LogP) is 8.00. The third-order valence-corrected chi connectivity index (χ3v) is 9.52. The number of aliphatic hydroxyl groups excluding tert-OH is 1. The van der Waals surface area contributed by atoms with Crippen molar-refractivity contribution in [2.24, 2.45) is 34.5 Å². The highest BCUT2D eigenvalue weighted by Gasteiger charge is 2.24. The lowest BCUT2D eigenvalue weighted by Gasteiger charge is -2.15. The molecule has 0 aliphatic carbocycles. The Hall–Kier alpha value is -6.21. The summed E-state index contributed by atoms with van der Waals surface area (Å²) >= 11 is -1.67. The number of carboxylic acid groups (broad SMARTS) is 2. The van der Waals surface area contributed by atoms with Gasteiger partial charge in [0.1, 0.15) is 18.3 Å². The second kappa shape index (κ2) is 58.4. The molecule has 99 heavy (non-hydrogen) atoms. The first kappa shape index (κ1) is 114. The number of rotatable bonds is 5. The summed E-state index contributed by atoms with van der Waals surface area (Å²) in [5, 5.41) is 43.0. The second-order valence-electron chi connectivity index (χ2n) is 28.7. The molecule has 0 bridgehead atoms. The van der Waals surface area contributed by atoms with Crippen molar-refractivity contribution in [2.75, 3.05) is 12.9 Å². The molecule has 0 fully saturated rings. The van der Waals surface area contributed by atoms with Crippen LogP contribution >= 0.6 is 23.8 Å².